The number of aromatic hydroxyl groups is 1. The highest BCUT2D eigenvalue weighted by Gasteiger charge is 2.62. The third-order valence-corrected chi connectivity index (χ3v) is 7.39. The minimum absolute atomic E-state index is 0.223. The van der Waals surface area contributed by atoms with Crippen molar-refractivity contribution in [3.8, 4) is 5.75 Å². The zero-order valence-electron chi connectivity index (χ0n) is 21.0. The predicted molar refractivity (Wildman–Crippen MR) is 138 cm³/mol. The SMILES string of the molecule is CC1(NS(=O)[O-])C(F)=C(F)C(F)=C(F)C1(F)CC(=O)N(Cc1ccc2ccccc2c1)c1ccc(C(=O)O)c(O)c1. The smallest absolute Gasteiger partial charge is 0.339 e. The van der Waals surface area contributed by atoms with E-state index in [0.29, 0.717) is 12.5 Å². The monoisotopic (exact) mass is 595 g/mol. The molecular weight excluding hydrogens is 575 g/mol. The second-order valence-electron chi connectivity index (χ2n) is 9.36. The summed E-state index contributed by atoms with van der Waals surface area (Å²) in [4.78, 5) is 25.7. The summed E-state index contributed by atoms with van der Waals surface area (Å²) in [6.07, 6.45) is -1.75. The lowest BCUT2D eigenvalue weighted by molar-refractivity contribution is -0.122. The van der Waals surface area contributed by atoms with Gasteiger partial charge in [-0.05, 0) is 41.5 Å². The fraction of sp³-hybridized carbons (Fsp3) is 0.185. The molecule has 3 atom stereocenters. The molecule has 41 heavy (non-hydrogen) atoms. The lowest BCUT2D eigenvalue weighted by Crippen LogP contribution is -2.63. The lowest BCUT2D eigenvalue weighted by atomic mass is 9.75. The Bertz CT molecular complexity index is 1660. The van der Waals surface area contributed by atoms with Crippen LogP contribution in [0.3, 0.4) is 0 Å². The Morgan fingerprint density at radius 2 is 1.61 bits per heavy atom. The summed E-state index contributed by atoms with van der Waals surface area (Å²) in [5.41, 5.74) is -7.87. The van der Waals surface area contributed by atoms with Gasteiger partial charge in [-0.1, -0.05) is 36.4 Å². The standard InChI is InChI=1S/C27H21F5N2O6S/c1-26(33-41(39)40)23(30)21(28)22(29)24(31)27(26,32)12-20(36)34(17-8-9-18(25(37)38)19(35)11-17)13-14-6-7-15-4-2-3-5-16(15)10-14/h2-11,33,35H,12-13H2,1H3,(H,37,38)(H,39,40)/p-1. The summed E-state index contributed by atoms with van der Waals surface area (Å²) in [5.74, 6) is -13.6. The molecular formula is C27H20F5N2O6S-. The summed E-state index contributed by atoms with van der Waals surface area (Å²) in [5, 5.41) is 21.0. The molecule has 3 aromatic rings. The quantitative estimate of drug-likeness (QED) is 0.238. The van der Waals surface area contributed by atoms with Gasteiger partial charge in [0.05, 0.1) is 13.0 Å². The highest BCUT2D eigenvalue weighted by molar-refractivity contribution is 7.77. The first-order valence-electron chi connectivity index (χ1n) is 11.7. The maximum atomic E-state index is 16.3. The molecule has 0 radical (unpaired) electrons. The number of allylic oxidation sites excluding steroid dienone is 2. The Morgan fingerprint density at radius 1 is 0.976 bits per heavy atom. The summed E-state index contributed by atoms with van der Waals surface area (Å²) in [6.45, 7) is 0.00189. The van der Waals surface area contributed by atoms with E-state index in [2.05, 4.69) is 0 Å². The fourth-order valence-corrected chi connectivity index (χ4v) is 5.13. The number of anilines is 1. The van der Waals surface area contributed by atoms with E-state index < -0.39 is 81.9 Å². The summed E-state index contributed by atoms with van der Waals surface area (Å²) in [7, 11) is 0. The van der Waals surface area contributed by atoms with Crippen molar-refractivity contribution in [2.45, 2.75) is 31.1 Å². The van der Waals surface area contributed by atoms with Gasteiger partial charge in [0.2, 0.25) is 5.91 Å². The van der Waals surface area contributed by atoms with E-state index in [1.807, 2.05) is 0 Å². The normalized spacial score (nSPS) is 21.7. The van der Waals surface area contributed by atoms with Crippen LogP contribution >= 0.6 is 0 Å². The van der Waals surface area contributed by atoms with Crippen molar-refractivity contribution in [1.82, 2.24) is 4.72 Å². The number of rotatable bonds is 8. The summed E-state index contributed by atoms with van der Waals surface area (Å²) >= 11 is -3.53. The molecule has 0 saturated carbocycles. The number of carbonyl (C=O) groups is 2. The highest BCUT2D eigenvalue weighted by atomic mass is 32.2. The van der Waals surface area contributed by atoms with E-state index >= 15 is 8.78 Å². The molecule has 3 unspecified atom stereocenters. The van der Waals surface area contributed by atoms with E-state index in [1.54, 1.807) is 42.5 Å². The van der Waals surface area contributed by atoms with Gasteiger partial charge >= 0.3 is 5.97 Å². The Kier molecular flexibility index (Phi) is 8.02. The lowest BCUT2D eigenvalue weighted by Gasteiger charge is -2.44. The van der Waals surface area contributed by atoms with Crippen LogP contribution in [0.2, 0.25) is 0 Å². The summed E-state index contributed by atoms with van der Waals surface area (Å²) < 4.78 is 98.5. The van der Waals surface area contributed by atoms with Gasteiger partial charge in [-0.25, -0.2) is 31.5 Å². The van der Waals surface area contributed by atoms with Gasteiger partial charge in [-0.3, -0.25) is 9.00 Å². The number of carboxylic acids is 1. The fourth-order valence-electron chi connectivity index (χ4n) is 4.54. The Hall–Kier alpha value is -4.14. The average molecular weight is 596 g/mol. The van der Waals surface area contributed by atoms with E-state index in [0.717, 1.165) is 33.9 Å². The van der Waals surface area contributed by atoms with Gasteiger partial charge in [0.1, 0.15) is 16.9 Å². The van der Waals surface area contributed by atoms with Gasteiger partial charge < -0.3 is 19.7 Å². The van der Waals surface area contributed by atoms with Crippen LogP contribution in [0.1, 0.15) is 29.3 Å². The van der Waals surface area contributed by atoms with Crippen LogP contribution in [0.25, 0.3) is 10.8 Å². The van der Waals surface area contributed by atoms with E-state index in [-0.39, 0.29) is 5.69 Å². The number of halogens is 5. The molecule has 8 nitrogen and oxygen atoms in total. The number of amides is 1. The molecule has 0 heterocycles. The van der Waals surface area contributed by atoms with Crippen LogP contribution in [-0.2, 0) is 22.6 Å². The van der Waals surface area contributed by atoms with Crippen molar-refractivity contribution in [2.75, 3.05) is 4.90 Å². The van der Waals surface area contributed by atoms with E-state index in [4.69, 9.17) is 0 Å². The number of alkyl halides is 1. The largest absolute Gasteiger partial charge is 0.760 e. The second kappa shape index (κ2) is 11.0. The van der Waals surface area contributed by atoms with Gasteiger partial charge in [-0.15, -0.1) is 0 Å². The van der Waals surface area contributed by atoms with E-state index in [9.17, 15) is 41.7 Å². The van der Waals surface area contributed by atoms with Gasteiger partial charge in [0.25, 0.3) is 0 Å². The second-order valence-corrected chi connectivity index (χ2v) is 10.0. The number of phenols is 1. The maximum absolute atomic E-state index is 16.3. The van der Waals surface area contributed by atoms with Gasteiger partial charge in [0, 0.05) is 23.0 Å². The van der Waals surface area contributed by atoms with E-state index in [1.165, 1.54) is 4.72 Å². The first-order valence-corrected chi connectivity index (χ1v) is 12.8. The maximum Gasteiger partial charge on any atom is 0.339 e. The third-order valence-electron chi connectivity index (χ3n) is 6.82. The van der Waals surface area contributed by atoms with Gasteiger partial charge in [0.15, 0.2) is 29.0 Å². The molecule has 0 bridgehead atoms. The number of nitrogens with one attached hydrogen (secondary N) is 1. The van der Waals surface area contributed by atoms with Crippen molar-refractivity contribution in [3.05, 3.63) is 95.1 Å². The first kappa shape index (κ1) is 29.8. The van der Waals surface area contributed by atoms with Crippen molar-refractivity contribution >= 4 is 39.6 Å². The molecule has 3 N–H and O–H groups in total. The molecule has 1 aliphatic rings. The minimum Gasteiger partial charge on any atom is -0.760 e. The van der Waals surface area contributed by atoms with Crippen molar-refractivity contribution in [1.29, 1.82) is 0 Å². The highest BCUT2D eigenvalue weighted by Crippen LogP contribution is 2.51. The molecule has 14 heteroatoms. The number of hydrogen-bond donors (Lipinski definition) is 3. The Balaban J connectivity index is 1.82. The molecule has 3 aromatic carbocycles. The molecule has 0 fully saturated rings. The van der Waals surface area contributed by atoms with Crippen LogP contribution in [0, 0.1) is 0 Å². The number of benzene rings is 3. The number of nitrogens with zero attached hydrogens (tertiary/aromatic N) is 1. The molecule has 1 aliphatic carbocycles. The number of carboxylic acid groups (broad SMARTS) is 1. The molecule has 0 aliphatic heterocycles. The first-order chi connectivity index (χ1) is 19.2. The number of aromatic carboxylic acids is 1. The van der Waals surface area contributed by atoms with Crippen LogP contribution in [0.5, 0.6) is 5.75 Å². The molecule has 216 valence electrons. The Labute approximate surface area is 231 Å². The topological polar surface area (TPSA) is 130 Å². The van der Waals surface area contributed by atoms with Crippen molar-refractivity contribution in [3.63, 3.8) is 0 Å². The third kappa shape index (κ3) is 5.33. The molecule has 1 amide bonds. The van der Waals surface area contributed by atoms with Crippen LogP contribution in [0.4, 0.5) is 27.6 Å². The summed E-state index contributed by atoms with van der Waals surface area (Å²) in [6, 6.07) is 14.9. The number of carbonyl (C=O) groups excluding carboxylic acids is 1. The molecule has 0 spiro atoms. The van der Waals surface area contributed by atoms with Gasteiger partial charge in [-0.2, -0.15) is 0 Å². The minimum atomic E-state index is -4.10. The van der Waals surface area contributed by atoms with Crippen molar-refractivity contribution < 1.29 is 50.5 Å². The van der Waals surface area contributed by atoms with Crippen LogP contribution in [0.15, 0.2) is 84.0 Å². The molecule has 0 saturated heterocycles. The van der Waals surface area contributed by atoms with Crippen LogP contribution in [-0.4, -0.2) is 42.1 Å². The zero-order valence-corrected chi connectivity index (χ0v) is 21.8. The number of fused-ring (bicyclic) bond motifs is 1. The van der Waals surface area contributed by atoms with Crippen LogP contribution < -0.4 is 9.62 Å². The zero-order chi connectivity index (χ0) is 30.3. The molecule has 0 aromatic heterocycles. The average Bonchev–Trinajstić information content (AvgIpc) is 2.92. The predicted octanol–water partition coefficient (Wildman–Crippen LogP) is 5.33. The Morgan fingerprint density at radius 3 is 2.22 bits per heavy atom. The van der Waals surface area contributed by atoms with Crippen molar-refractivity contribution in [2.24, 2.45) is 0 Å². The number of hydrogen-bond acceptors (Lipinski definition) is 5. The molecule has 4 rings (SSSR count).